The Bertz CT molecular complexity index is 486. The Morgan fingerprint density at radius 2 is 2.22 bits per heavy atom. The molecule has 0 aliphatic heterocycles. The minimum atomic E-state index is -0.502. The zero-order valence-corrected chi connectivity index (χ0v) is 10.8. The molecule has 1 unspecified atom stereocenters. The highest BCUT2D eigenvalue weighted by molar-refractivity contribution is 5.94. The number of nitrogens with one attached hydrogen (secondary N) is 1. The van der Waals surface area contributed by atoms with E-state index in [1.165, 1.54) is 7.11 Å². The van der Waals surface area contributed by atoms with E-state index >= 15 is 0 Å². The molecular formula is C14H17NO3. The summed E-state index contributed by atoms with van der Waals surface area (Å²) in [7, 11) is 1.48. The van der Waals surface area contributed by atoms with Crippen molar-refractivity contribution in [2.24, 2.45) is 0 Å². The van der Waals surface area contributed by atoms with Gasteiger partial charge in [-0.1, -0.05) is 11.8 Å². The predicted molar refractivity (Wildman–Crippen MR) is 70.2 cm³/mol. The van der Waals surface area contributed by atoms with Gasteiger partial charge in [0.25, 0.3) is 5.91 Å². The first-order valence-electron chi connectivity index (χ1n) is 5.62. The van der Waals surface area contributed by atoms with Crippen molar-refractivity contribution < 1.29 is 14.6 Å². The lowest BCUT2D eigenvalue weighted by Gasteiger charge is -2.11. The Morgan fingerprint density at radius 3 is 2.83 bits per heavy atom. The number of rotatable bonds is 3. The monoisotopic (exact) mass is 247 g/mol. The zero-order valence-electron chi connectivity index (χ0n) is 10.8. The fourth-order valence-corrected chi connectivity index (χ4v) is 1.42. The van der Waals surface area contributed by atoms with E-state index in [-0.39, 0.29) is 12.5 Å². The van der Waals surface area contributed by atoms with Crippen LogP contribution < -0.4 is 5.32 Å². The van der Waals surface area contributed by atoms with E-state index in [1.807, 2.05) is 19.1 Å². The van der Waals surface area contributed by atoms with Gasteiger partial charge in [-0.25, -0.2) is 0 Å². The second-order valence-electron chi connectivity index (χ2n) is 3.91. The molecule has 4 heteroatoms. The van der Waals surface area contributed by atoms with Crippen molar-refractivity contribution in [3.05, 3.63) is 29.3 Å². The number of methoxy groups -OCH3 is 1. The van der Waals surface area contributed by atoms with Gasteiger partial charge < -0.3 is 15.2 Å². The third-order valence-electron chi connectivity index (χ3n) is 2.38. The average molecular weight is 247 g/mol. The van der Waals surface area contributed by atoms with Crippen LogP contribution in [0.25, 0.3) is 0 Å². The summed E-state index contributed by atoms with van der Waals surface area (Å²) in [5.74, 6) is 5.18. The number of aliphatic hydroxyl groups is 1. The molecule has 0 heterocycles. The van der Waals surface area contributed by atoms with E-state index in [0.29, 0.717) is 5.69 Å². The average Bonchev–Trinajstić information content (AvgIpc) is 2.34. The molecule has 0 fully saturated rings. The number of benzene rings is 1. The van der Waals surface area contributed by atoms with Gasteiger partial charge in [0.2, 0.25) is 0 Å². The summed E-state index contributed by atoms with van der Waals surface area (Å²) in [5, 5.41) is 11.4. The van der Waals surface area contributed by atoms with Crippen molar-refractivity contribution >= 4 is 11.6 Å². The van der Waals surface area contributed by atoms with Crippen molar-refractivity contribution in [3.8, 4) is 11.8 Å². The van der Waals surface area contributed by atoms with Crippen LogP contribution >= 0.6 is 0 Å². The number of aliphatic hydroxyl groups excluding tert-OH is 1. The molecule has 4 nitrogen and oxygen atoms in total. The molecular weight excluding hydrogens is 230 g/mol. The van der Waals surface area contributed by atoms with Gasteiger partial charge in [0.1, 0.15) is 12.7 Å². The summed E-state index contributed by atoms with van der Waals surface area (Å²) >= 11 is 0. The van der Waals surface area contributed by atoms with E-state index in [9.17, 15) is 4.79 Å². The third-order valence-corrected chi connectivity index (χ3v) is 2.38. The third kappa shape index (κ3) is 4.21. The van der Waals surface area contributed by atoms with Gasteiger partial charge in [-0.05, 0) is 37.6 Å². The minimum absolute atomic E-state index is 0.184. The quantitative estimate of drug-likeness (QED) is 0.792. The van der Waals surface area contributed by atoms with E-state index in [2.05, 4.69) is 17.2 Å². The molecule has 1 aromatic carbocycles. The summed E-state index contributed by atoms with van der Waals surface area (Å²) < 4.78 is 4.94. The van der Waals surface area contributed by atoms with Crippen LogP contribution in [0.4, 0.5) is 5.69 Å². The molecule has 1 aromatic rings. The topological polar surface area (TPSA) is 58.6 Å². The maximum Gasteiger partial charge on any atom is 0.253 e. The molecule has 0 spiro atoms. The Hall–Kier alpha value is -1.83. The van der Waals surface area contributed by atoms with Gasteiger partial charge in [0.15, 0.2) is 0 Å². The van der Waals surface area contributed by atoms with Gasteiger partial charge in [0.05, 0.1) is 0 Å². The Labute approximate surface area is 107 Å². The van der Waals surface area contributed by atoms with Crippen LogP contribution in [0, 0.1) is 18.8 Å². The molecule has 1 amide bonds. The first-order valence-corrected chi connectivity index (χ1v) is 5.62. The van der Waals surface area contributed by atoms with Crippen molar-refractivity contribution in [1.82, 2.24) is 0 Å². The standard InChI is InChI=1S/C14H17NO3/c1-10-7-12(5-4-6-16)9-13(8-10)15-14(17)11(2)18-3/h7-9,11,16H,6H2,1-3H3,(H,15,17). The molecule has 0 aliphatic rings. The zero-order chi connectivity index (χ0) is 13.5. The van der Waals surface area contributed by atoms with Crippen LogP contribution in [0.1, 0.15) is 18.1 Å². The van der Waals surface area contributed by atoms with Crippen LogP contribution in [0.3, 0.4) is 0 Å². The lowest BCUT2D eigenvalue weighted by Crippen LogP contribution is -2.26. The minimum Gasteiger partial charge on any atom is -0.384 e. The normalized spacial score (nSPS) is 11.3. The van der Waals surface area contributed by atoms with Crippen molar-refractivity contribution in [2.75, 3.05) is 19.0 Å². The van der Waals surface area contributed by atoms with Crippen molar-refractivity contribution in [2.45, 2.75) is 20.0 Å². The van der Waals surface area contributed by atoms with Crippen molar-refractivity contribution in [1.29, 1.82) is 0 Å². The van der Waals surface area contributed by atoms with Crippen LogP contribution in [-0.2, 0) is 9.53 Å². The van der Waals surface area contributed by atoms with Gasteiger partial charge in [0, 0.05) is 18.4 Å². The number of carbonyl (C=O) groups is 1. The fourth-order valence-electron chi connectivity index (χ4n) is 1.42. The Morgan fingerprint density at radius 1 is 1.50 bits per heavy atom. The van der Waals surface area contributed by atoms with Gasteiger partial charge in [-0.3, -0.25) is 4.79 Å². The summed E-state index contributed by atoms with van der Waals surface area (Å²) in [5.41, 5.74) is 2.41. The highest BCUT2D eigenvalue weighted by atomic mass is 16.5. The smallest absolute Gasteiger partial charge is 0.253 e. The van der Waals surface area contributed by atoms with Crippen molar-refractivity contribution in [3.63, 3.8) is 0 Å². The summed E-state index contributed by atoms with van der Waals surface area (Å²) in [4.78, 5) is 11.7. The van der Waals surface area contributed by atoms with Gasteiger partial charge in [-0.2, -0.15) is 0 Å². The molecule has 0 aromatic heterocycles. The SMILES string of the molecule is COC(C)C(=O)Nc1cc(C)cc(C#CCO)c1. The Kier molecular flexibility index (Phi) is 5.37. The number of aryl methyl sites for hydroxylation is 1. The number of hydrogen-bond acceptors (Lipinski definition) is 3. The molecule has 1 atom stereocenters. The van der Waals surface area contributed by atoms with Crippen LogP contribution in [0.2, 0.25) is 0 Å². The molecule has 18 heavy (non-hydrogen) atoms. The maximum absolute atomic E-state index is 11.7. The maximum atomic E-state index is 11.7. The number of anilines is 1. The van der Waals surface area contributed by atoms with Crippen LogP contribution in [0.5, 0.6) is 0 Å². The molecule has 0 saturated carbocycles. The molecule has 0 radical (unpaired) electrons. The highest BCUT2D eigenvalue weighted by Crippen LogP contribution is 2.14. The summed E-state index contributed by atoms with van der Waals surface area (Å²) in [6, 6.07) is 5.50. The molecule has 0 bridgehead atoms. The first-order chi connectivity index (χ1) is 8.56. The van der Waals surface area contributed by atoms with E-state index in [0.717, 1.165) is 11.1 Å². The number of ether oxygens (including phenoxy) is 1. The number of amides is 1. The fraction of sp³-hybridized carbons (Fsp3) is 0.357. The lowest BCUT2D eigenvalue weighted by molar-refractivity contribution is -0.124. The van der Waals surface area contributed by atoms with E-state index in [4.69, 9.17) is 9.84 Å². The number of hydrogen-bond donors (Lipinski definition) is 2. The van der Waals surface area contributed by atoms with Crippen LogP contribution in [-0.4, -0.2) is 30.8 Å². The molecule has 1 rings (SSSR count). The van der Waals surface area contributed by atoms with E-state index in [1.54, 1.807) is 13.0 Å². The largest absolute Gasteiger partial charge is 0.384 e. The van der Waals surface area contributed by atoms with Crippen LogP contribution in [0.15, 0.2) is 18.2 Å². The molecule has 96 valence electrons. The first kappa shape index (κ1) is 14.2. The lowest BCUT2D eigenvalue weighted by atomic mass is 10.1. The predicted octanol–water partition coefficient (Wildman–Crippen LogP) is 1.31. The van der Waals surface area contributed by atoms with Gasteiger partial charge >= 0.3 is 0 Å². The second-order valence-corrected chi connectivity index (χ2v) is 3.91. The molecule has 0 aliphatic carbocycles. The summed E-state index contributed by atoms with van der Waals surface area (Å²) in [6.45, 7) is 3.41. The second kappa shape index (κ2) is 6.80. The highest BCUT2D eigenvalue weighted by Gasteiger charge is 2.11. The molecule has 0 saturated heterocycles. The molecule has 2 N–H and O–H groups in total. The van der Waals surface area contributed by atoms with Gasteiger partial charge in [-0.15, -0.1) is 0 Å². The summed E-state index contributed by atoms with van der Waals surface area (Å²) in [6.07, 6.45) is -0.502. The number of carbonyl (C=O) groups excluding carboxylic acids is 1. The van der Waals surface area contributed by atoms with E-state index < -0.39 is 6.10 Å². The Balaban J connectivity index is 2.89.